The van der Waals surface area contributed by atoms with E-state index < -0.39 is 17.5 Å². The Kier molecular flexibility index (Phi) is 3.58. The first kappa shape index (κ1) is 12.5. The van der Waals surface area contributed by atoms with E-state index in [9.17, 15) is 13.2 Å². The van der Waals surface area contributed by atoms with E-state index in [2.05, 4.69) is 0 Å². The van der Waals surface area contributed by atoms with Crippen molar-refractivity contribution in [2.24, 2.45) is 0 Å². The molecule has 0 bridgehead atoms. The zero-order chi connectivity index (χ0) is 13.1. The summed E-state index contributed by atoms with van der Waals surface area (Å²) in [6.45, 7) is 0. The van der Waals surface area contributed by atoms with Crippen molar-refractivity contribution in [3.63, 3.8) is 0 Å². The first-order valence-corrected chi connectivity index (χ1v) is 5.74. The van der Waals surface area contributed by atoms with Gasteiger partial charge >= 0.3 is 0 Å². The zero-order valence-corrected chi connectivity index (χ0v) is 9.77. The van der Waals surface area contributed by atoms with E-state index in [1.54, 1.807) is 0 Å². The minimum Gasteiger partial charge on any atom is -0.207 e. The molecule has 0 aliphatic carbocycles. The molecule has 90 valence electrons. The van der Waals surface area contributed by atoms with Crippen molar-refractivity contribution in [3.8, 4) is 6.07 Å². The van der Waals surface area contributed by atoms with Gasteiger partial charge in [-0.25, -0.2) is 13.2 Å². The summed E-state index contributed by atoms with van der Waals surface area (Å²) < 4.78 is 38.9. The van der Waals surface area contributed by atoms with Gasteiger partial charge in [0.2, 0.25) is 0 Å². The third-order valence-corrected chi connectivity index (χ3v) is 3.09. The van der Waals surface area contributed by atoms with E-state index >= 15 is 0 Å². The molecule has 0 aromatic heterocycles. The summed E-state index contributed by atoms with van der Waals surface area (Å²) in [6.07, 6.45) is 0. The summed E-state index contributed by atoms with van der Waals surface area (Å²) >= 11 is 1.06. The van der Waals surface area contributed by atoms with Crippen LogP contribution < -0.4 is 0 Å². The second-order valence-electron chi connectivity index (χ2n) is 3.47. The Morgan fingerprint density at radius 1 is 0.889 bits per heavy atom. The van der Waals surface area contributed by atoms with Crippen molar-refractivity contribution in [2.75, 3.05) is 0 Å². The van der Waals surface area contributed by atoms with Gasteiger partial charge in [-0.15, -0.1) is 0 Å². The van der Waals surface area contributed by atoms with Crippen LogP contribution in [0.2, 0.25) is 0 Å². The molecular formula is C13H6F3NS. The molecule has 2 aromatic carbocycles. The molecule has 0 atom stereocenters. The SMILES string of the molecule is N#Cc1cc(F)cc(Sc2ccc(F)c(F)c2)c1. The second kappa shape index (κ2) is 5.15. The molecule has 0 fully saturated rings. The highest BCUT2D eigenvalue weighted by Gasteiger charge is 2.06. The molecule has 18 heavy (non-hydrogen) atoms. The van der Waals surface area contributed by atoms with E-state index in [-0.39, 0.29) is 5.56 Å². The lowest BCUT2D eigenvalue weighted by molar-refractivity contribution is 0.506. The number of benzene rings is 2. The smallest absolute Gasteiger partial charge is 0.159 e. The standard InChI is InChI=1S/C13H6F3NS/c14-9-3-8(7-17)4-11(5-9)18-10-1-2-12(15)13(16)6-10/h1-6H. The second-order valence-corrected chi connectivity index (χ2v) is 4.61. The monoisotopic (exact) mass is 265 g/mol. The first-order chi connectivity index (χ1) is 8.58. The summed E-state index contributed by atoms with van der Waals surface area (Å²) in [5.74, 6) is -2.44. The minimum atomic E-state index is -0.961. The Bertz CT molecular complexity index is 635. The van der Waals surface area contributed by atoms with Crippen molar-refractivity contribution < 1.29 is 13.2 Å². The van der Waals surface area contributed by atoms with Crippen LogP contribution in [0.4, 0.5) is 13.2 Å². The van der Waals surface area contributed by atoms with Crippen LogP contribution in [-0.4, -0.2) is 0 Å². The molecule has 0 saturated carbocycles. The molecule has 0 unspecified atom stereocenters. The van der Waals surface area contributed by atoms with E-state index in [0.29, 0.717) is 9.79 Å². The Morgan fingerprint density at radius 3 is 2.33 bits per heavy atom. The Balaban J connectivity index is 2.31. The van der Waals surface area contributed by atoms with Gasteiger partial charge in [-0.2, -0.15) is 5.26 Å². The summed E-state index contributed by atoms with van der Waals surface area (Å²) in [4.78, 5) is 0.890. The Labute approximate surface area is 106 Å². The highest BCUT2D eigenvalue weighted by atomic mass is 32.2. The predicted molar refractivity (Wildman–Crippen MR) is 61.6 cm³/mol. The molecule has 1 nitrogen and oxygen atoms in total. The fourth-order valence-corrected chi connectivity index (χ4v) is 2.29. The average molecular weight is 265 g/mol. The molecule has 0 radical (unpaired) electrons. The van der Waals surface area contributed by atoms with E-state index in [1.807, 2.05) is 6.07 Å². The van der Waals surface area contributed by atoms with Gasteiger partial charge in [0.25, 0.3) is 0 Å². The number of nitriles is 1. The van der Waals surface area contributed by atoms with Crippen molar-refractivity contribution >= 4 is 11.8 Å². The van der Waals surface area contributed by atoms with Crippen molar-refractivity contribution in [3.05, 3.63) is 59.4 Å². The van der Waals surface area contributed by atoms with Crippen molar-refractivity contribution in [1.29, 1.82) is 5.26 Å². The molecule has 5 heteroatoms. The number of rotatable bonds is 2. The Morgan fingerprint density at radius 2 is 1.67 bits per heavy atom. The van der Waals surface area contributed by atoms with Crippen LogP contribution in [-0.2, 0) is 0 Å². The predicted octanol–water partition coefficient (Wildman–Crippen LogP) is 4.13. The maximum absolute atomic E-state index is 13.2. The summed E-state index contributed by atoms with van der Waals surface area (Å²) in [5.41, 5.74) is 0.181. The largest absolute Gasteiger partial charge is 0.207 e. The van der Waals surface area contributed by atoms with Crippen molar-refractivity contribution in [2.45, 2.75) is 9.79 Å². The average Bonchev–Trinajstić information content (AvgIpc) is 2.33. The van der Waals surface area contributed by atoms with E-state index in [4.69, 9.17) is 5.26 Å². The molecule has 0 aliphatic heterocycles. The van der Waals surface area contributed by atoms with Crippen LogP contribution in [0.25, 0.3) is 0 Å². The molecule has 2 aromatic rings. The molecule has 0 amide bonds. The van der Waals surface area contributed by atoms with Gasteiger partial charge in [-0.3, -0.25) is 0 Å². The van der Waals surface area contributed by atoms with Gasteiger partial charge < -0.3 is 0 Å². The lowest BCUT2D eigenvalue weighted by Gasteiger charge is -2.03. The zero-order valence-electron chi connectivity index (χ0n) is 8.95. The fraction of sp³-hybridized carbons (Fsp3) is 0. The summed E-state index contributed by atoms with van der Waals surface area (Å²) in [5, 5.41) is 8.70. The van der Waals surface area contributed by atoms with E-state index in [1.165, 1.54) is 18.2 Å². The lowest BCUT2D eigenvalue weighted by atomic mass is 10.2. The molecule has 0 saturated heterocycles. The lowest BCUT2D eigenvalue weighted by Crippen LogP contribution is -1.85. The van der Waals surface area contributed by atoms with Gasteiger partial charge in [-0.1, -0.05) is 11.8 Å². The van der Waals surface area contributed by atoms with Crippen LogP contribution in [0.5, 0.6) is 0 Å². The first-order valence-electron chi connectivity index (χ1n) is 4.92. The molecular weight excluding hydrogens is 259 g/mol. The maximum Gasteiger partial charge on any atom is 0.159 e. The summed E-state index contributed by atoms with van der Waals surface area (Å²) in [7, 11) is 0. The minimum absolute atomic E-state index is 0.181. The Hall–Kier alpha value is -1.93. The third-order valence-electron chi connectivity index (χ3n) is 2.13. The molecule has 0 heterocycles. The molecule has 0 spiro atoms. The van der Waals surface area contributed by atoms with Crippen LogP contribution in [0.3, 0.4) is 0 Å². The fourth-order valence-electron chi connectivity index (χ4n) is 1.36. The van der Waals surface area contributed by atoms with Gasteiger partial charge in [0, 0.05) is 9.79 Å². The normalized spacial score (nSPS) is 10.1. The highest BCUT2D eigenvalue weighted by molar-refractivity contribution is 7.99. The number of hydrogen-bond donors (Lipinski definition) is 0. The highest BCUT2D eigenvalue weighted by Crippen LogP contribution is 2.29. The van der Waals surface area contributed by atoms with Crippen LogP contribution in [0, 0.1) is 28.8 Å². The quantitative estimate of drug-likeness (QED) is 0.815. The van der Waals surface area contributed by atoms with Crippen LogP contribution >= 0.6 is 11.8 Å². The van der Waals surface area contributed by atoms with Crippen LogP contribution in [0.15, 0.2) is 46.2 Å². The van der Waals surface area contributed by atoms with E-state index in [0.717, 1.165) is 30.0 Å². The number of nitrogens with zero attached hydrogens (tertiary/aromatic N) is 1. The van der Waals surface area contributed by atoms with Gasteiger partial charge in [0.15, 0.2) is 11.6 Å². The van der Waals surface area contributed by atoms with Crippen molar-refractivity contribution in [1.82, 2.24) is 0 Å². The third kappa shape index (κ3) is 2.84. The van der Waals surface area contributed by atoms with Gasteiger partial charge in [0.1, 0.15) is 5.82 Å². The van der Waals surface area contributed by atoms with Crippen LogP contribution in [0.1, 0.15) is 5.56 Å². The molecule has 0 aliphatic rings. The van der Waals surface area contributed by atoms with Gasteiger partial charge in [0.05, 0.1) is 11.6 Å². The number of hydrogen-bond acceptors (Lipinski definition) is 2. The maximum atomic E-state index is 13.2. The molecule has 0 N–H and O–H groups in total. The van der Waals surface area contributed by atoms with Gasteiger partial charge in [-0.05, 0) is 36.4 Å². The number of halogens is 3. The topological polar surface area (TPSA) is 23.8 Å². The summed E-state index contributed by atoms with van der Waals surface area (Å²) in [6, 6.07) is 9.06. The molecule has 2 rings (SSSR count).